The minimum atomic E-state index is -2.67. The topological polar surface area (TPSA) is 48.0 Å². The molecule has 0 saturated carbocycles. The molecule has 0 bridgehead atoms. The molecule has 1 saturated heterocycles. The molecule has 0 unspecified atom stereocenters. The third kappa shape index (κ3) is 6.54. The van der Waals surface area contributed by atoms with E-state index in [1.54, 1.807) is 19.0 Å². The first-order valence-corrected chi connectivity index (χ1v) is 14.8. The summed E-state index contributed by atoms with van der Waals surface area (Å²) in [5, 5.41) is 2.39. The van der Waals surface area contributed by atoms with Crippen LogP contribution in [-0.2, 0) is 18.7 Å². The molecule has 0 aromatic heterocycles. The maximum atomic E-state index is 12.6. The Morgan fingerprint density at radius 1 is 1.06 bits per heavy atom. The highest BCUT2D eigenvalue weighted by molar-refractivity contribution is 6.99. The first-order valence-electron chi connectivity index (χ1n) is 12.8. The summed E-state index contributed by atoms with van der Waals surface area (Å²) in [6.07, 6.45) is 4.21. The van der Waals surface area contributed by atoms with Crippen molar-refractivity contribution in [1.29, 1.82) is 0 Å². The zero-order valence-corrected chi connectivity index (χ0v) is 24.2. The molecule has 3 rings (SSSR count). The molecule has 0 radical (unpaired) electrons. The summed E-state index contributed by atoms with van der Waals surface area (Å²) < 4.78 is 19.1. The van der Waals surface area contributed by atoms with Crippen LogP contribution in [0.4, 0.5) is 0 Å². The van der Waals surface area contributed by atoms with E-state index in [9.17, 15) is 4.79 Å². The molecule has 1 amide bonds. The molecule has 3 atom stereocenters. The Balaban J connectivity index is 1.95. The van der Waals surface area contributed by atoms with Gasteiger partial charge in [0.25, 0.3) is 8.32 Å². The number of hydrogen-bond acceptors (Lipinski definition) is 4. The number of ether oxygens (including phenoxy) is 2. The van der Waals surface area contributed by atoms with Crippen molar-refractivity contribution in [1.82, 2.24) is 4.90 Å². The van der Waals surface area contributed by atoms with Crippen LogP contribution in [0.2, 0.25) is 5.04 Å². The van der Waals surface area contributed by atoms with Crippen LogP contribution in [0.1, 0.15) is 48.0 Å². The fraction of sp³-hybridized carbons (Fsp3) is 0.500. The van der Waals surface area contributed by atoms with Crippen molar-refractivity contribution in [2.24, 2.45) is 5.92 Å². The average molecular weight is 510 g/mol. The van der Waals surface area contributed by atoms with Crippen LogP contribution in [-0.4, -0.2) is 57.8 Å². The first-order chi connectivity index (χ1) is 16.9. The number of benzene rings is 2. The molecule has 1 aliphatic rings. The highest BCUT2D eigenvalue weighted by Crippen LogP contribution is 2.38. The third-order valence-electron chi connectivity index (χ3n) is 6.83. The molecule has 5 nitrogen and oxygen atoms in total. The Labute approximate surface area is 218 Å². The Hall–Kier alpha value is -2.25. The lowest BCUT2D eigenvalue weighted by Gasteiger charge is -2.44. The van der Waals surface area contributed by atoms with Crippen LogP contribution < -0.4 is 10.4 Å². The van der Waals surface area contributed by atoms with Crippen LogP contribution in [0.25, 0.3) is 0 Å². The van der Waals surface area contributed by atoms with Crippen molar-refractivity contribution in [3.05, 3.63) is 72.8 Å². The van der Waals surface area contributed by atoms with Crippen LogP contribution in [0, 0.1) is 5.92 Å². The molecule has 0 spiro atoms. The number of rotatable bonds is 9. The smallest absolute Gasteiger partial charge is 0.261 e. The SMILES string of the molecule is C[C@H](/C=C/[C@H](CC(=O)N(C)C)[C@H]1COC(C)(C)O1)O[Si](c1ccccc1)(c1ccccc1)C(C)(C)C. The molecule has 2 aromatic carbocycles. The maximum absolute atomic E-state index is 12.6. The van der Waals surface area contributed by atoms with Gasteiger partial charge in [-0.3, -0.25) is 4.79 Å². The first kappa shape index (κ1) is 28.3. The fourth-order valence-electron chi connectivity index (χ4n) is 4.94. The molecule has 36 heavy (non-hydrogen) atoms. The third-order valence-corrected chi connectivity index (χ3v) is 12.0. The van der Waals surface area contributed by atoms with E-state index in [-0.39, 0.29) is 29.1 Å². The summed E-state index contributed by atoms with van der Waals surface area (Å²) >= 11 is 0. The Morgan fingerprint density at radius 3 is 2.00 bits per heavy atom. The van der Waals surface area contributed by atoms with Crippen molar-refractivity contribution in [2.45, 2.75) is 71.0 Å². The van der Waals surface area contributed by atoms with E-state index < -0.39 is 14.1 Å². The number of amides is 1. The summed E-state index contributed by atoms with van der Waals surface area (Å²) in [5.74, 6) is -0.681. The number of nitrogens with zero attached hydrogens (tertiary/aromatic N) is 1. The van der Waals surface area contributed by atoms with E-state index in [4.69, 9.17) is 13.9 Å². The van der Waals surface area contributed by atoms with Gasteiger partial charge in [0.2, 0.25) is 5.91 Å². The van der Waals surface area contributed by atoms with Crippen molar-refractivity contribution >= 4 is 24.6 Å². The standard InChI is InChI=1S/C30H43NO4Si/c1-23(19-20-24(21-28(32)31(7)8)27-22-33-30(5,6)34-27)35-36(29(2,3)4,25-15-11-9-12-16-25)26-17-13-10-14-18-26/h9-20,23-24,27H,21-22H2,1-8H3/b20-19+/t23-,24-,27-/m1/s1. The predicted molar refractivity (Wildman–Crippen MR) is 149 cm³/mol. The molecule has 0 N–H and O–H groups in total. The molecule has 1 fully saturated rings. The minimum absolute atomic E-state index is 0.0681. The number of carbonyl (C=O) groups is 1. The van der Waals surface area contributed by atoms with Crippen LogP contribution in [0.15, 0.2) is 72.8 Å². The quantitative estimate of drug-likeness (QED) is 0.361. The molecular weight excluding hydrogens is 466 g/mol. The molecule has 196 valence electrons. The van der Waals surface area contributed by atoms with Gasteiger partial charge in [0.15, 0.2) is 5.79 Å². The Bertz CT molecular complexity index is 975. The normalized spacial score (nSPS) is 19.8. The Morgan fingerprint density at radius 2 is 1.58 bits per heavy atom. The van der Waals surface area contributed by atoms with E-state index in [0.717, 1.165) is 0 Å². The van der Waals surface area contributed by atoms with Gasteiger partial charge in [-0.2, -0.15) is 0 Å². The summed E-state index contributed by atoms with van der Waals surface area (Å²) in [6.45, 7) is 13.2. The lowest BCUT2D eigenvalue weighted by molar-refractivity contribution is -0.145. The lowest BCUT2D eigenvalue weighted by Crippen LogP contribution is -2.67. The van der Waals surface area contributed by atoms with Gasteiger partial charge in [-0.25, -0.2) is 0 Å². The second kappa shape index (κ2) is 11.4. The van der Waals surface area contributed by atoms with Gasteiger partial charge in [0.05, 0.1) is 18.8 Å². The highest BCUT2D eigenvalue weighted by atomic mass is 28.4. The zero-order valence-electron chi connectivity index (χ0n) is 23.2. The van der Waals surface area contributed by atoms with Crippen molar-refractivity contribution in [3.8, 4) is 0 Å². The predicted octanol–water partition coefficient (Wildman–Crippen LogP) is 4.75. The molecular formula is C30H43NO4Si. The highest BCUT2D eigenvalue weighted by Gasteiger charge is 2.50. The van der Waals surface area contributed by atoms with E-state index in [1.807, 2.05) is 13.8 Å². The van der Waals surface area contributed by atoms with E-state index in [1.165, 1.54) is 10.4 Å². The lowest BCUT2D eigenvalue weighted by atomic mass is 9.97. The molecule has 2 aromatic rings. The van der Waals surface area contributed by atoms with Gasteiger partial charge in [0, 0.05) is 26.4 Å². The van der Waals surface area contributed by atoms with Gasteiger partial charge in [-0.05, 0) is 36.2 Å². The van der Waals surface area contributed by atoms with Crippen molar-refractivity contribution in [3.63, 3.8) is 0 Å². The number of carbonyl (C=O) groups excluding carboxylic acids is 1. The van der Waals surface area contributed by atoms with Crippen LogP contribution in [0.3, 0.4) is 0 Å². The molecule has 1 heterocycles. The van der Waals surface area contributed by atoms with E-state index >= 15 is 0 Å². The number of hydrogen-bond donors (Lipinski definition) is 0. The average Bonchev–Trinajstić information content (AvgIpc) is 3.19. The minimum Gasteiger partial charge on any atom is -0.401 e. The van der Waals surface area contributed by atoms with Crippen LogP contribution in [0.5, 0.6) is 0 Å². The van der Waals surface area contributed by atoms with Gasteiger partial charge < -0.3 is 18.8 Å². The second-order valence-electron chi connectivity index (χ2n) is 11.4. The van der Waals surface area contributed by atoms with E-state index in [2.05, 4.69) is 101 Å². The van der Waals surface area contributed by atoms with Crippen molar-refractivity contribution in [2.75, 3.05) is 20.7 Å². The summed E-state index contributed by atoms with van der Waals surface area (Å²) in [4.78, 5) is 14.2. The largest absolute Gasteiger partial charge is 0.401 e. The molecule has 6 heteroatoms. The Kier molecular flexibility index (Phi) is 8.99. The van der Waals surface area contributed by atoms with Gasteiger partial charge >= 0.3 is 0 Å². The van der Waals surface area contributed by atoms with E-state index in [0.29, 0.717) is 13.0 Å². The van der Waals surface area contributed by atoms with Gasteiger partial charge in [-0.1, -0.05) is 93.6 Å². The zero-order chi connectivity index (χ0) is 26.6. The summed E-state index contributed by atoms with van der Waals surface area (Å²) in [7, 11) is 0.900. The maximum Gasteiger partial charge on any atom is 0.261 e. The fourth-order valence-corrected chi connectivity index (χ4v) is 9.59. The van der Waals surface area contributed by atoms with Gasteiger partial charge in [-0.15, -0.1) is 0 Å². The van der Waals surface area contributed by atoms with Crippen molar-refractivity contribution < 1.29 is 18.7 Å². The summed E-state index contributed by atoms with van der Waals surface area (Å²) in [5.41, 5.74) is 0. The molecule has 0 aliphatic carbocycles. The summed E-state index contributed by atoms with van der Waals surface area (Å²) in [6, 6.07) is 21.3. The molecule has 1 aliphatic heterocycles. The monoisotopic (exact) mass is 509 g/mol. The van der Waals surface area contributed by atoms with Gasteiger partial charge in [0.1, 0.15) is 0 Å². The second-order valence-corrected chi connectivity index (χ2v) is 15.6. The van der Waals surface area contributed by atoms with Crippen LogP contribution >= 0.6 is 0 Å².